The number of hydrogen-bond donors (Lipinski definition) is 1. The van der Waals surface area contributed by atoms with Gasteiger partial charge in [0.2, 0.25) is 0 Å². The summed E-state index contributed by atoms with van der Waals surface area (Å²) in [7, 11) is 0. The molecule has 2 N–H and O–H groups in total. The normalized spacial score (nSPS) is 31.4. The molecule has 3 unspecified atom stereocenters. The lowest BCUT2D eigenvalue weighted by Crippen LogP contribution is -2.57. The van der Waals surface area contributed by atoms with Crippen LogP contribution in [0, 0.1) is 12.8 Å². The topological polar surface area (TPSA) is 32.5 Å². The zero-order valence-electron chi connectivity index (χ0n) is 13.5. The summed E-state index contributed by atoms with van der Waals surface area (Å²) in [5.41, 5.74) is 9.10. The summed E-state index contributed by atoms with van der Waals surface area (Å²) >= 11 is 0. The van der Waals surface area contributed by atoms with Crippen LogP contribution in [0.4, 0.5) is 5.69 Å². The Balaban J connectivity index is 1.60. The molecule has 0 spiro atoms. The fourth-order valence-corrected chi connectivity index (χ4v) is 3.93. The number of hydrogen-bond acceptors (Lipinski definition) is 3. The monoisotopic (exact) mass is 287 g/mol. The third kappa shape index (κ3) is 3.41. The molecule has 1 aromatic carbocycles. The summed E-state index contributed by atoms with van der Waals surface area (Å²) in [6.45, 7) is 9.10. The average molecular weight is 287 g/mol. The standard InChI is InChI=1S/C18H29N3/c1-14-4-3-5-16(12-14)20-8-10-21(11-9-20)18-13-15(2)6-7-17(18)19/h3-5,12,15,17-18H,6-11,13,19H2,1-2H3. The molecule has 1 saturated heterocycles. The van der Waals surface area contributed by atoms with Crippen molar-refractivity contribution in [1.29, 1.82) is 0 Å². The van der Waals surface area contributed by atoms with Crippen LogP contribution < -0.4 is 10.6 Å². The highest BCUT2D eigenvalue weighted by Gasteiger charge is 2.32. The number of aryl methyl sites for hydroxylation is 1. The highest BCUT2D eigenvalue weighted by molar-refractivity contribution is 5.48. The van der Waals surface area contributed by atoms with Gasteiger partial charge in [0.25, 0.3) is 0 Å². The van der Waals surface area contributed by atoms with Gasteiger partial charge in [-0.1, -0.05) is 19.1 Å². The Hall–Kier alpha value is -1.06. The first kappa shape index (κ1) is 14.9. The number of rotatable bonds is 2. The predicted octanol–water partition coefficient (Wildman–Crippen LogP) is 2.63. The van der Waals surface area contributed by atoms with Crippen molar-refractivity contribution >= 4 is 5.69 Å². The van der Waals surface area contributed by atoms with Gasteiger partial charge in [0.15, 0.2) is 0 Å². The van der Waals surface area contributed by atoms with Gasteiger partial charge < -0.3 is 10.6 Å². The lowest BCUT2D eigenvalue weighted by atomic mass is 9.82. The van der Waals surface area contributed by atoms with E-state index in [0.29, 0.717) is 12.1 Å². The van der Waals surface area contributed by atoms with Crippen LogP contribution in [-0.2, 0) is 0 Å². The van der Waals surface area contributed by atoms with E-state index in [9.17, 15) is 0 Å². The maximum Gasteiger partial charge on any atom is 0.0369 e. The first-order valence-electron chi connectivity index (χ1n) is 8.45. The van der Waals surface area contributed by atoms with Gasteiger partial charge in [0.1, 0.15) is 0 Å². The molecule has 3 rings (SSSR count). The van der Waals surface area contributed by atoms with Gasteiger partial charge in [-0.05, 0) is 49.8 Å². The van der Waals surface area contributed by atoms with Gasteiger partial charge in [-0.3, -0.25) is 4.90 Å². The Morgan fingerprint density at radius 3 is 2.57 bits per heavy atom. The van der Waals surface area contributed by atoms with Crippen LogP contribution in [0.1, 0.15) is 31.7 Å². The number of piperazine rings is 1. The van der Waals surface area contributed by atoms with Gasteiger partial charge in [-0.15, -0.1) is 0 Å². The van der Waals surface area contributed by atoms with Crippen molar-refractivity contribution in [3.63, 3.8) is 0 Å². The maximum atomic E-state index is 6.38. The molecule has 1 aliphatic heterocycles. The molecule has 0 amide bonds. The van der Waals surface area contributed by atoms with Crippen molar-refractivity contribution in [2.24, 2.45) is 11.7 Å². The minimum atomic E-state index is 0.381. The van der Waals surface area contributed by atoms with Crippen LogP contribution in [-0.4, -0.2) is 43.2 Å². The van der Waals surface area contributed by atoms with E-state index in [1.165, 1.54) is 30.5 Å². The second-order valence-corrected chi connectivity index (χ2v) is 7.01. The number of nitrogens with zero attached hydrogens (tertiary/aromatic N) is 2. The van der Waals surface area contributed by atoms with E-state index >= 15 is 0 Å². The highest BCUT2D eigenvalue weighted by atomic mass is 15.3. The fraction of sp³-hybridized carbons (Fsp3) is 0.667. The lowest BCUT2D eigenvalue weighted by Gasteiger charge is -2.45. The third-order valence-electron chi connectivity index (χ3n) is 5.28. The molecule has 2 aliphatic rings. The van der Waals surface area contributed by atoms with Crippen LogP contribution in [0.3, 0.4) is 0 Å². The van der Waals surface area contributed by atoms with E-state index in [-0.39, 0.29) is 0 Å². The van der Waals surface area contributed by atoms with Crippen molar-refractivity contribution in [2.75, 3.05) is 31.1 Å². The summed E-state index contributed by atoms with van der Waals surface area (Å²) in [5, 5.41) is 0. The van der Waals surface area contributed by atoms with Gasteiger partial charge in [0, 0.05) is 44.0 Å². The molecule has 0 aromatic heterocycles. The van der Waals surface area contributed by atoms with E-state index in [1.54, 1.807) is 0 Å². The summed E-state index contributed by atoms with van der Waals surface area (Å²) < 4.78 is 0. The molecule has 21 heavy (non-hydrogen) atoms. The molecule has 3 nitrogen and oxygen atoms in total. The van der Waals surface area contributed by atoms with E-state index in [2.05, 4.69) is 47.9 Å². The van der Waals surface area contributed by atoms with Crippen molar-refractivity contribution < 1.29 is 0 Å². The van der Waals surface area contributed by atoms with Gasteiger partial charge >= 0.3 is 0 Å². The molecule has 1 aliphatic carbocycles. The highest BCUT2D eigenvalue weighted by Crippen LogP contribution is 2.28. The third-order valence-corrected chi connectivity index (χ3v) is 5.28. The minimum Gasteiger partial charge on any atom is -0.369 e. The molecule has 116 valence electrons. The molecule has 1 heterocycles. The van der Waals surface area contributed by atoms with Crippen LogP contribution in [0.2, 0.25) is 0 Å². The first-order valence-corrected chi connectivity index (χ1v) is 8.45. The number of benzene rings is 1. The number of anilines is 1. The second kappa shape index (κ2) is 6.37. The Morgan fingerprint density at radius 1 is 1.10 bits per heavy atom. The molecule has 0 bridgehead atoms. The molecule has 2 fully saturated rings. The molecule has 3 atom stereocenters. The Morgan fingerprint density at radius 2 is 1.86 bits per heavy atom. The van der Waals surface area contributed by atoms with Crippen molar-refractivity contribution in [3.05, 3.63) is 29.8 Å². The zero-order valence-corrected chi connectivity index (χ0v) is 13.5. The van der Waals surface area contributed by atoms with Crippen molar-refractivity contribution in [3.8, 4) is 0 Å². The second-order valence-electron chi connectivity index (χ2n) is 7.01. The summed E-state index contributed by atoms with van der Waals surface area (Å²) in [5.74, 6) is 0.838. The van der Waals surface area contributed by atoms with Crippen LogP contribution in [0.5, 0.6) is 0 Å². The molecule has 1 saturated carbocycles. The molecule has 3 heteroatoms. The summed E-state index contributed by atoms with van der Waals surface area (Å²) in [6.07, 6.45) is 3.79. The first-order chi connectivity index (χ1) is 10.1. The van der Waals surface area contributed by atoms with E-state index in [1.807, 2.05) is 0 Å². The lowest BCUT2D eigenvalue weighted by molar-refractivity contribution is 0.110. The zero-order chi connectivity index (χ0) is 14.8. The Bertz CT molecular complexity index is 465. The number of nitrogens with two attached hydrogens (primary N) is 1. The van der Waals surface area contributed by atoms with Crippen LogP contribution >= 0.6 is 0 Å². The summed E-state index contributed by atoms with van der Waals surface area (Å²) in [4.78, 5) is 5.16. The molecule has 0 radical (unpaired) electrons. The van der Waals surface area contributed by atoms with Gasteiger partial charge in [-0.2, -0.15) is 0 Å². The van der Waals surface area contributed by atoms with Crippen LogP contribution in [0.15, 0.2) is 24.3 Å². The van der Waals surface area contributed by atoms with Crippen molar-refractivity contribution in [1.82, 2.24) is 4.90 Å². The van der Waals surface area contributed by atoms with E-state index < -0.39 is 0 Å². The molecule has 1 aromatic rings. The van der Waals surface area contributed by atoms with Gasteiger partial charge in [0.05, 0.1) is 0 Å². The Kier molecular flexibility index (Phi) is 4.51. The average Bonchev–Trinajstić information content (AvgIpc) is 2.50. The van der Waals surface area contributed by atoms with Gasteiger partial charge in [-0.25, -0.2) is 0 Å². The molecular formula is C18H29N3. The largest absolute Gasteiger partial charge is 0.369 e. The Labute approximate surface area is 129 Å². The quantitative estimate of drug-likeness (QED) is 0.907. The minimum absolute atomic E-state index is 0.381. The van der Waals surface area contributed by atoms with Crippen LogP contribution in [0.25, 0.3) is 0 Å². The predicted molar refractivity (Wildman–Crippen MR) is 89.7 cm³/mol. The summed E-state index contributed by atoms with van der Waals surface area (Å²) in [6, 6.07) is 9.85. The smallest absolute Gasteiger partial charge is 0.0369 e. The SMILES string of the molecule is Cc1cccc(N2CCN(C3CC(C)CCC3N)CC2)c1. The van der Waals surface area contributed by atoms with E-state index in [0.717, 1.165) is 32.1 Å². The fourth-order valence-electron chi connectivity index (χ4n) is 3.93. The molecular weight excluding hydrogens is 258 g/mol. The van der Waals surface area contributed by atoms with Crippen molar-refractivity contribution in [2.45, 2.75) is 45.2 Å². The maximum absolute atomic E-state index is 6.38. The van der Waals surface area contributed by atoms with E-state index in [4.69, 9.17) is 5.73 Å².